The number of anilines is 1. The van der Waals surface area contributed by atoms with Crippen LogP contribution < -0.4 is 10.1 Å². The van der Waals surface area contributed by atoms with Crippen molar-refractivity contribution in [3.8, 4) is 5.75 Å². The molecular formula is C24H24BrN5O2. The van der Waals surface area contributed by atoms with Crippen LogP contribution >= 0.6 is 15.9 Å². The zero-order chi connectivity index (χ0) is 22.7. The number of nitrogens with one attached hydrogen (secondary N) is 1. The number of aromatic nitrogens is 4. The molecule has 4 rings (SSSR count). The molecule has 32 heavy (non-hydrogen) atoms. The number of halogens is 1. The third-order valence-corrected chi connectivity index (χ3v) is 5.63. The molecule has 0 radical (unpaired) electrons. The summed E-state index contributed by atoms with van der Waals surface area (Å²) in [7, 11) is 1.65. The van der Waals surface area contributed by atoms with Gasteiger partial charge in [-0.2, -0.15) is 10.2 Å². The van der Waals surface area contributed by atoms with E-state index in [-0.39, 0.29) is 5.91 Å². The Morgan fingerprint density at radius 3 is 2.56 bits per heavy atom. The molecule has 0 fully saturated rings. The molecule has 0 bridgehead atoms. The summed E-state index contributed by atoms with van der Waals surface area (Å²) in [5.74, 6) is 0.639. The van der Waals surface area contributed by atoms with Crippen molar-refractivity contribution < 1.29 is 9.53 Å². The van der Waals surface area contributed by atoms with Crippen LogP contribution in [0.3, 0.4) is 0 Å². The average Bonchev–Trinajstić information content (AvgIpc) is 3.31. The van der Waals surface area contributed by atoms with Gasteiger partial charge in [0, 0.05) is 11.8 Å². The van der Waals surface area contributed by atoms with Gasteiger partial charge in [0.25, 0.3) is 5.91 Å². The Morgan fingerprint density at radius 2 is 1.84 bits per heavy atom. The third-order valence-electron chi connectivity index (χ3n) is 5.22. The lowest BCUT2D eigenvalue weighted by molar-refractivity contribution is 0.102. The number of nitrogens with zero attached hydrogens (tertiary/aromatic N) is 4. The molecule has 0 atom stereocenters. The summed E-state index contributed by atoms with van der Waals surface area (Å²) in [5, 5.41) is 11.9. The molecule has 2 aromatic carbocycles. The highest BCUT2D eigenvalue weighted by Crippen LogP contribution is 2.22. The predicted octanol–water partition coefficient (Wildman–Crippen LogP) is 4.82. The van der Waals surface area contributed by atoms with E-state index in [1.54, 1.807) is 13.3 Å². The van der Waals surface area contributed by atoms with Crippen molar-refractivity contribution >= 4 is 27.5 Å². The van der Waals surface area contributed by atoms with Crippen molar-refractivity contribution in [3.05, 3.63) is 93.5 Å². The predicted molar refractivity (Wildman–Crippen MR) is 127 cm³/mol. The van der Waals surface area contributed by atoms with Crippen molar-refractivity contribution in [2.75, 3.05) is 12.4 Å². The summed E-state index contributed by atoms with van der Waals surface area (Å²) in [5.41, 5.74) is 5.07. The minimum Gasteiger partial charge on any atom is -0.497 e. The number of benzene rings is 2. The number of carbonyl (C=O) groups is 1. The zero-order valence-electron chi connectivity index (χ0n) is 18.2. The Hall–Kier alpha value is -3.39. The highest BCUT2D eigenvalue weighted by Gasteiger charge is 2.16. The highest BCUT2D eigenvalue weighted by atomic mass is 79.9. The molecule has 0 aliphatic rings. The SMILES string of the molecule is COc1cccc(Cn2nc(C)c(NC(=O)c3cccc(Cn4cc(Br)cn4)c3)c2C)c1. The van der Waals surface area contributed by atoms with Crippen molar-refractivity contribution in [1.29, 1.82) is 0 Å². The molecule has 0 saturated heterocycles. The molecule has 1 N–H and O–H groups in total. The number of rotatable bonds is 7. The first-order valence-electron chi connectivity index (χ1n) is 10.2. The largest absolute Gasteiger partial charge is 0.497 e. The molecule has 0 aliphatic carbocycles. The summed E-state index contributed by atoms with van der Waals surface area (Å²) in [6.45, 7) is 5.04. The Balaban J connectivity index is 1.50. The van der Waals surface area contributed by atoms with Crippen LogP contribution in [0, 0.1) is 13.8 Å². The number of carbonyl (C=O) groups excluding carboxylic acids is 1. The summed E-state index contributed by atoms with van der Waals surface area (Å²) in [6.07, 6.45) is 3.64. The normalized spacial score (nSPS) is 10.9. The first-order chi connectivity index (χ1) is 15.4. The van der Waals surface area contributed by atoms with Gasteiger partial charge in [0.05, 0.1) is 47.9 Å². The molecule has 2 aromatic heterocycles. The molecule has 0 unspecified atom stereocenters. The maximum Gasteiger partial charge on any atom is 0.255 e. The molecule has 8 heteroatoms. The molecule has 1 amide bonds. The van der Waals surface area contributed by atoms with Crippen LogP contribution in [0.1, 0.15) is 32.9 Å². The van der Waals surface area contributed by atoms with E-state index in [4.69, 9.17) is 4.74 Å². The minimum atomic E-state index is -0.166. The lowest BCUT2D eigenvalue weighted by atomic mass is 10.1. The van der Waals surface area contributed by atoms with Crippen molar-refractivity contribution in [1.82, 2.24) is 19.6 Å². The van der Waals surface area contributed by atoms with Crippen LogP contribution in [0.15, 0.2) is 65.4 Å². The molecule has 164 valence electrons. The molecule has 0 spiro atoms. The van der Waals surface area contributed by atoms with E-state index in [0.29, 0.717) is 18.7 Å². The zero-order valence-corrected chi connectivity index (χ0v) is 19.8. The smallest absolute Gasteiger partial charge is 0.255 e. The highest BCUT2D eigenvalue weighted by molar-refractivity contribution is 9.10. The second-order valence-corrected chi connectivity index (χ2v) is 8.48. The van der Waals surface area contributed by atoms with Crippen LogP contribution in [0.2, 0.25) is 0 Å². The number of methoxy groups -OCH3 is 1. The third kappa shape index (κ3) is 4.91. The summed E-state index contributed by atoms with van der Waals surface area (Å²) in [6, 6.07) is 15.4. The number of hydrogen-bond donors (Lipinski definition) is 1. The fourth-order valence-electron chi connectivity index (χ4n) is 3.58. The van der Waals surface area contributed by atoms with Gasteiger partial charge in [-0.3, -0.25) is 14.2 Å². The van der Waals surface area contributed by atoms with Gasteiger partial charge in [0.1, 0.15) is 5.75 Å². The Labute approximate surface area is 195 Å². The van der Waals surface area contributed by atoms with E-state index in [1.165, 1.54) is 0 Å². The van der Waals surface area contributed by atoms with E-state index in [2.05, 4.69) is 31.4 Å². The minimum absolute atomic E-state index is 0.166. The van der Waals surface area contributed by atoms with Gasteiger partial charge in [-0.25, -0.2) is 0 Å². The van der Waals surface area contributed by atoms with E-state index >= 15 is 0 Å². The van der Waals surface area contributed by atoms with Gasteiger partial charge in [0.15, 0.2) is 0 Å². The Morgan fingerprint density at radius 1 is 1.09 bits per heavy atom. The van der Waals surface area contributed by atoms with Gasteiger partial charge in [-0.1, -0.05) is 24.3 Å². The maximum absolute atomic E-state index is 13.0. The summed E-state index contributed by atoms with van der Waals surface area (Å²) in [4.78, 5) is 13.0. The number of hydrogen-bond acceptors (Lipinski definition) is 4. The molecule has 7 nitrogen and oxygen atoms in total. The fraction of sp³-hybridized carbons (Fsp3) is 0.208. The van der Waals surface area contributed by atoms with Gasteiger partial charge in [-0.15, -0.1) is 0 Å². The van der Waals surface area contributed by atoms with Crippen molar-refractivity contribution in [3.63, 3.8) is 0 Å². The summed E-state index contributed by atoms with van der Waals surface area (Å²) < 4.78 is 9.94. The van der Waals surface area contributed by atoms with Crippen LogP contribution in [0.4, 0.5) is 5.69 Å². The molecule has 2 heterocycles. The topological polar surface area (TPSA) is 74.0 Å². The Kier molecular flexibility index (Phi) is 6.41. The van der Waals surface area contributed by atoms with Crippen LogP contribution in [-0.4, -0.2) is 32.6 Å². The van der Waals surface area contributed by atoms with Gasteiger partial charge < -0.3 is 10.1 Å². The van der Waals surface area contributed by atoms with Crippen molar-refractivity contribution in [2.45, 2.75) is 26.9 Å². The quantitative estimate of drug-likeness (QED) is 0.400. The van der Waals surface area contributed by atoms with Gasteiger partial charge in [0.2, 0.25) is 0 Å². The summed E-state index contributed by atoms with van der Waals surface area (Å²) >= 11 is 3.40. The second-order valence-electron chi connectivity index (χ2n) is 7.57. The Bertz CT molecular complexity index is 1260. The van der Waals surface area contributed by atoms with E-state index in [1.807, 2.05) is 77.9 Å². The maximum atomic E-state index is 13.0. The molecular weight excluding hydrogens is 470 g/mol. The molecule has 4 aromatic rings. The number of aryl methyl sites for hydroxylation is 1. The lowest BCUT2D eigenvalue weighted by Gasteiger charge is -2.09. The number of ether oxygens (including phenoxy) is 1. The average molecular weight is 494 g/mol. The first kappa shape index (κ1) is 21.8. The van der Waals surface area contributed by atoms with Crippen LogP contribution in [-0.2, 0) is 13.1 Å². The van der Waals surface area contributed by atoms with E-state index in [0.717, 1.165) is 38.4 Å². The fourth-order valence-corrected chi connectivity index (χ4v) is 3.91. The van der Waals surface area contributed by atoms with Gasteiger partial charge >= 0.3 is 0 Å². The van der Waals surface area contributed by atoms with E-state index in [9.17, 15) is 4.79 Å². The first-order valence-corrected chi connectivity index (χ1v) is 11.0. The van der Waals surface area contributed by atoms with E-state index < -0.39 is 0 Å². The second kappa shape index (κ2) is 9.40. The molecule has 0 saturated carbocycles. The standard InChI is InChI=1S/C24H24BrN5O2/c1-16-23(17(2)30(28-16)14-19-7-5-9-22(11-19)32-3)27-24(31)20-8-4-6-18(10-20)13-29-15-21(25)12-26-29/h4-12,15H,13-14H2,1-3H3,(H,27,31). The van der Waals surface area contributed by atoms with Crippen LogP contribution in [0.25, 0.3) is 0 Å². The number of amides is 1. The monoisotopic (exact) mass is 493 g/mol. The van der Waals surface area contributed by atoms with Crippen LogP contribution in [0.5, 0.6) is 5.75 Å². The molecule has 0 aliphatic heterocycles. The lowest BCUT2D eigenvalue weighted by Crippen LogP contribution is -2.14. The van der Waals surface area contributed by atoms with Gasteiger partial charge in [-0.05, 0) is 65.2 Å². The van der Waals surface area contributed by atoms with Crippen molar-refractivity contribution in [2.24, 2.45) is 0 Å².